The first-order valence-corrected chi connectivity index (χ1v) is 9.54. The van der Waals surface area contributed by atoms with Crippen LogP contribution in [0.2, 0.25) is 0 Å². The average Bonchev–Trinajstić information content (AvgIpc) is 2.77. The maximum atomic E-state index is 6.31. The summed E-state index contributed by atoms with van der Waals surface area (Å²) in [5.41, 5.74) is 2.17. The van der Waals surface area contributed by atoms with Crippen molar-refractivity contribution in [1.29, 1.82) is 0 Å². The van der Waals surface area contributed by atoms with Gasteiger partial charge in [0.1, 0.15) is 31.2 Å². The van der Waals surface area contributed by atoms with Crippen LogP contribution in [0, 0.1) is 0 Å². The molecule has 5 unspecified atom stereocenters. The van der Waals surface area contributed by atoms with E-state index in [9.17, 15) is 0 Å². The summed E-state index contributed by atoms with van der Waals surface area (Å²) in [5.74, 6) is 0. The second kappa shape index (κ2) is 9.60. The van der Waals surface area contributed by atoms with Gasteiger partial charge in [-0.15, -0.1) is 0 Å². The Hall–Kier alpha value is -1.80. The third kappa shape index (κ3) is 4.60. The largest absolute Gasteiger partial charge is 0.368 e. The van der Waals surface area contributed by atoms with Crippen LogP contribution >= 0.6 is 0 Å². The molecule has 2 aliphatic heterocycles. The van der Waals surface area contributed by atoms with Crippen LogP contribution in [0.1, 0.15) is 11.1 Å². The van der Waals surface area contributed by atoms with Gasteiger partial charge in [0, 0.05) is 7.11 Å². The Bertz CT molecular complexity index is 709. The van der Waals surface area contributed by atoms with Crippen LogP contribution < -0.4 is 0 Å². The zero-order valence-corrected chi connectivity index (χ0v) is 15.9. The summed E-state index contributed by atoms with van der Waals surface area (Å²) in [6.45, 7) is 1.56. The Balaban J connectivity index is 1.51. The van der Waals surface area contributed by atoms with E-state index >= 15 is 0 Å². The molecule has 2 aliphatic rings. The molecular weight excluding hydrogens is 360 g/mol. The highest BCUT2D eigenvalue weighted by molar-refractivity contribution is 5.14. The van der Waals surface area contributed by atoms with Gasteiger partial charge in [-0.05, 0) is 11.1 Å². The van der Waals surface area contributed by atoms with E-state index in [0.717, 1.165) is 11.1 Å². The second-order valence-electron chi connectivity index (χ2n) is 6.92. The monoisotopic (exact) mass is 386 g/mol. The van der Waals surface area contributed by atoms with Gasteiger partial charge in [0.15, 0.2) is 6.29 Å². The molecule has 150 valence electrons. The fraction of sp³-hybridized carbons (Fsp3) is 0.455. The number of rotatable bonds is 7. The molecular formula is C22H26O6. The normalized spacial score (nSPS) is 30.0. The molecule has 6 nitrogen and oxygen atoms in total. The van der Waals surface area contributed by atoms with Gasteiger partial charge in [0.2, 0.25) is 0 Å². The van der Waals surface area contributed by atoms with Gasteiger partial charge in [0.05, 0.1) is 19.8 Å². The minimum Gasteiger partial charge on any atom is -0.368 e. The van der Waals surface area contributed by atoms with E-state index in [1.165, 1.54) is 0 Å². The molecule has 0 radical (unpaired) electrons. The summed E-state index contributed by atoms with van der Waals surface area (Å²) >= 11 is 0. The minimum atomic E-state index is -0.559. The number of fused-ring (bicyclic) bond motifs is 1. The van der Waals surface area contributed by atoms with E-state index in [2.05, 4.69) is 0 Å². The van der Waals surface area contributed by atoms with Gasteiger partial charge in [-0.25, -0.2) is 0 Å². The molecule has 2 saturated heterocycles. The van der Waals surface area contributed by atoms with Gasteiger partial charge in [0.25, 0.3) is 0 Å². The maximum absolute atomic E-state index is 6.31. The molecule has 4 rings (SSSR count). The quantitative estimate of drug-likeness (QED) is 0.729. The topological polar surface area (TPSA) is 55.4 Å². The first-order valence-electron chi connectivity index (χ1n) is 9.54. The molecule has 0 N–H and O–H groups in total. The summed E-state index contributed by atoms with van der Waals surface area (Å²) in [5, 5.41) is 0. The summed E-state index contributed by atoms with van der Waals surface area (Å²) in [6, 6.07) is 20.1. The van der Waals surface area contributed by atoms with Crippen LogP contribution in [-0.2, 0) is 41.6 Å². The predicted octanol–water partition coefficient (Wildman–Crippen LogP) is 2.90. The minimum absolute atomic E-state index is 0.221. The fourth-order valence-corrected chi connectivity index (χ4v) is 3.59. The molecule has 0 aromatic heterocycles. The number of methoxy groups -OCH3 is 1. The summed E-state index contributed by atoms with van der Waals surface area (Å²) in [4.78, 5) is 0. The Labute approximate surface area is 165 Å². The molecule has 2 aromatic rings. The molecule has 6 heteroatoms. The third-order valence-corrected chi connectivity index (χ3v) is 5.02. The lowest BCUT2D eigenvalue weighted by Crippen LogP contribution is -2.63. The van der Waals surface area contributed by atoms with E-state index in [4.69, 9.17) is 28.4 Å². The molecule has 0 aliphatic carbocycles. The van der Waals surface area contributed by atoms with E-state index in [1.807, 2.05) is 60.7 Å². The smallest absolute Gasteiger partial charge is 0.186 e. The standard InChI is InChI=1S/C22H26O6/c1-23-22-21(26-13-17-10-6-3-7-11-17)20(19-18(28-22)14-24-15-27-19)25-12-16-8-4-2-5-9-16/h2-11,18-22H,12-15H2,1H3. The van der Waals surface area contributed by atoms with E-state index < -0.39 is 12.4 Å². The maximum Gasteiger partial charge on any atom is 0.186 e. The van der Waals surface area contributed by atoms with Gasteiger partial charge in [-0.1, -0.05) is 60.7 Å². The SMILES string of the molecule is COC1OC2COCOC2C(OCc2ccccc2)C1OCc1ccccc1. The van der Waals surface area contributed by atoms with Crippen LogP contribution in [0.15, 0.2) is 60.7 Å². The van der Waals surface area contributed by atoms with E-state index in [-0.39, 0.29) is 25.1 Å². The fourth-order valence-electron chi connectivity index (χ4n) is 3.59. The van der Waals surface area contributed by atoms with Crippen molar-refractivity contribution in [3.05, 3.63) is 71.8 Å². The predicted molar refractivity (Wildman–Crippen MR) is 101 cm³/mol. The molecule has 0 spiro atoms. The van der Waals surface area contributed by atoms with Crippen molar-refractivity contribution in [2.24, 2.45) is 0 Å². The van der Waals surface area contributed by atoms with Gasteiger partial charge >= 0.3 is 0 Å². The molecule has 2 aromatic carbocycles. The molecule has 2 heterocycles. The van der Waals surface area contributed by atoms with Crippen LogP contribution in [-0.4, -0.2) is 51.2 Å². The molecule has 0 saturated carbocycles. The van der Waals surface area contributed by atoms with Crippen molar-refractivity contribution < 1.29 is 28.4 Å². The lowest BCUT2D eigenvalue weighted by molar-refractivity contribution is -0.348. The molecule has 28 heavy (non-hydrogen) atoms. The number of hydrogen-bond acceptors (Lipinski definition) is 6. The Kier molecular flexibility index (Phi) is 6.69. The van der Waals surface area contributed by atoms with Crippen molar-refractivity contribution in [2.45, 2.75) is 43.9 Å². The highest BCUT2D eigenvalue weighted by Gasteiger charge is 2.49. The van der Waals surface area contributed by atoms with Gasteiger partial charge in [-0.2, -0.15) is 0 Å². The lowest BCUT2D eigenvalue weighted by Gasteiger charge is -2.47. The lowest BCUT2D eigenvalue weighted by atomic mass is 9.97. The molecule has 0 amide bonds. The van der Waals surface area contributed by atoms with E-state index in [1.54, 1.807) is 7.11 Å². The van der Waals surface area contributed by atoms with Crippen LogP contribution in [0.5, 0.6) is 0 Å². The number of hydrogen-bond donors (Lipinski definition) is 0. The van der Waals surface area contributed by atoms with Crippen LogP contribution in [0.4, 0.5) is 0 Å². The first-order chi connectivity index (χ1) is 13.8. The summed E-state index contributed by atoms with van der Waals surface area (Å²) < 4.78 is 35.4. The van der Waals surface area contributed by atoms with Crippen molar-refractivity contribution >= 4 is 0 Å². The summed E-state index contributed by atoms with van der Waals surface area (Å²) in [6.07, 6.45) is -1.85. The van der Waals surface area contributed by atoms with E-state index in [0.29, 0.717) is 19.8 Å². The van der Waals surface area contributed by atoms with Crippen molar-refractivity contribution in [1.82, 2.24) is 0 Å². The Morgan fingerprint density at radius 3 is 2.07 bits per heavy atom. The van der Waals surface area contributed by atoms with Crippen LogP contribution in [0.3, 0.4) is 0 Å². The molecule has 5 atom stereocenters. The molecule has 2 fully saturated rings. The Morgan fingerprint density at radius 1 is 0.857 bits per heavy atom. The third-order valence-electron chi connectivity index (χ3n) is 5.02. The van der Waals surface area contributed by atoms with Gasteiger partial charge in [-0.3, -0.25) is 0 Å². The highest BCUT2D eigenvalue weighted by Crippen LogP contribution is 2.31. The van der Waals surface area contributed by atoms with Gasteiger partial charge < -0.3 is 28.4 Å². The summed E-state index contributed by atoms with van der Waals surface area (Å²) in [7, 11) is 1.61. The zero-order chi connectivity index (χ0) is 19.2. The second-order valence-corrected chi connectivity index (χ2v) is 6.92. The Morgan fingerprint density at radius 2 is 1.46 bits per heavy atom. The zero-order valence-electron chi connectivity index (χ0n) is 15.9. The molecule has 0 bridgehead atoms. The first kappa shape index (κ1) is 19.5. The van der Waals surface area contributed by atoms with Crippen molar-refractivity contribution in [3.63, 3.8) is 0 Å². The highest BCUT2D eigenvalue weighted by atomic mass is 16.8. The van der Waals surface area contributed by atoms with Crippen molar-refractivity contribution in [2.75, 3.05) is 20.5 Å². The average molecular weight is 386 g/mol. The van der Waals surface area contributed by atoms with Crippen molar-refractivity contribution in [3.8, 4) is 0 Å². The van der Waals surface area contributed by atoms with Crippen LogP contribution in [0.25, 0.3) is 0 Å². The number of ether oxygens (including phenoxy) is 6. The number of benzene rings is 2.